The van der Waals surface area contributed by atoms with E-state index in [0.29, 0.717) is 17.1 Å². The van der Waals surface area contributed by atoms with E-state index in [1.807, 2.05) is 18.2 Å². The molecule has 0 saturated heterocycles. The Kier molecular flexibility index (Phi) is 3.76. The van der Waals surface area contributed by atoms with Crippen molar-refractivity contribution >= 4 is 15.9 Å². The summed E-state index contributed by atoms with van der Waals surface area (Å²) in [5, 5.41) is 8.98. The normalized spacial score (nSPS) is 10.3. The van der Waals surface area contributed by atoms with Crippen LogP contribution >= 0.6 is 15.9 Å². The summed E-state index contributed by atoms with van der Waals surface area (Å²) in [4.78, 5) is 0. The molecule has 1 N–H and O–H groups in total. The maximum absolute atomic E-state index is 13.2. The molecule has 0 aliphatic heterocycles. The lowest BCUT2D eigenvalue weighted by Crippen LogP contribution is -1.90. The maximum Gasteiger partial charge on any atom is 0.141 e. The molecule has 0 aliphatic carbocycles. The van der Waals surface area contributed by atoms with E-state index < -0.39 is 5.82 Å². The minimum atomic E-state index is -0.432. The lowest BCUT2D eigenvalue weighted by atomic mass is 10.2. The topological polar surface area (TPSA) is 29.5 Å². The molecular weight excluding hydrogens is 287 g/mol. The first-order valence-corrected chi connectivity index (χ1v) is 5.81. The molecule has 0 aromatic heterocycles. The second-order valence-corrected chi connectivity index (χ2v) is 4.34. The van der Waals surface area contributed by atoms with Crippen LogP contribution in [0.15, 0.2) is 46.9 Å². The van der Waals surface area contributed by atoms with Crippen molar-refractivity contribution in [3.8, 4) is 11.5 Å². The Hall–Kier alpha value is -1.39. The molecule has 2 aromatic carbocycles. The largest absolute Gasteiger partial charge is 0.456 e. The Bertz CT molecular complexity index is 529. The van der Waals surface area contributed by atoms with E-state index in [2.05, 4.69) is 15.9 Å². The van der Waals surface area contributed by atoms with Gasteiger partial charge < -0.3 is 9.84 Å². The van der Waals surface area contributed by atoms with Crippen molar-refractivity contribution in [2.45, 2.75) is 6.61 Å². The summed E-state index contributed by atoms with van der Waals surface area (Å²) in [6, 6.07) is 11.4. The average molecular weight is 297 g/mol. The number of halogens is 2. The molecule has 0 aliphatic rings. The summed E-state index contributed by atoms with van der Waals surface area (Å²) < 4.78 is 19.5. The van der Waals surface area contributed by atoms with Crippen LogP contribution in [0.2, 0.25) is 0 Å². The molecule has 0 fully saturated rings. The molecule has 0 amide bonds. The fraction of sp³-hybridized carbons (Fsp3) is 0.0769. The first-order valence-electron chi connectivity index (χ1n) is 5.02. The zero-order valence-corrected chi connectivity index (χ0v) is 10.4. The molecule has 0 saturated carbocycles. The third-order valence-corrected chi connectivity index (χ3v) is 2.83. The van der Waals surface area contributed by atoms with Crippen LogP contribution in [0.1, 0.15) is 5.56 Å². The van der Waals surface area contributed by atoms with Gasteiger partial charge >= 0.3 is 0 Å². The number of para-hydroxylation sites is 1. The van der Waals surface area contributed by atoms with E-state index in [1.165, 1.54) is 12.1 Å². The molecule has 0 radical (unpaired) electrons. The number of aliphatic hydroxyl groups excluding tert-OH is 1. The van der Waals surface area contributed by atoms with Crippen molar-refractivity contribution in [1.82, 2.24) is 0 Å². The zero-order chi connectivity index (χ0) is 12.3. The molecule has 0 spiro atoms. The van der Waals surface area contributed by atoms with Crippen molar-refractivity contribution in [3.63, 3.8) is 0 Å². The highest BCUT2D eigenvalue weighted by Crippen LogP contribution is 2.30. The maximum atomic E-state index is 13.2. The fourth-order valence-corrected chi connectivity index (χ4v) is 1.79. The van der Waals surface area contributed by atoms with Gasteiger partial charge in [0.15, 0.2) is 0 Å². The Labute approximate surface area is 107 Å². The van der Waals surface area contributed by atoms with Crippen LogP contribution in [0.5, 0.6) is 11.5 Å². The van der Waals surface area contributed by atoms with Crippen LogP contribution in [0, 0.1) is 5.82 Å². The van der Waals surface area contributed by atoms with Gasteiger partial charge in [0.2, 0.25) is 0 Å². The zero-order valence-electron chi connectivity index (χ0n) is 8.86. The van der Waals surface area contributed by atoms with Crippen LogP contribution in [0.3, 0.4) is 0 Å². The van der Waals surface area contributed by atoms with Gasteiger partial charge in [0.1, 0.15) is 17.3 Å². The number of rotatable bonds is 3. The fourth-order valence-electron chi connectivity index (χ4n) is 1.43. The van der Waals surface area contributed by atoms with Gasteiger partial charge in [-0.2, -0.15) is 0 Å². The third-order valence-electron chi connectivity index (χ3n) is 2.18. The van der Waals surface area contributed by atoms with Gasteiger partial charge in [-0.1, -0.05) is 12.1 Å². The Morgan fingerprint density at radius 3 is 2.65 bits per heavy atom. The predicted octanol–water partition coefficient (Wildman–Crippen LogP) is 3.87. The molecule has 2 aromatic rings. The van der Waals surface area contributed by atoms with Crippen molar-refractivity contribution < 1.29 is 14.2 Å². The summed E-state index contributed by atoms with van der Waals surface area (Å²) in [6.45, 7) is -0.218. The smallest absolute Gasteiger partial charge is 0.141 e. The van der Waals surface area contributed by atoms with E-state index >= 15 is 0 Å². The number of ether oxygens (including phenoxy) is 1. The standard InChI is InChI=1S/C13H10BrFO2/c14-12-3-1-2-4-13(12)17-11-6-9(8-16)5-10(15)7-11/h1-7,16H,8H2. The summed E-state index contributed by atoms with van der Waals surface area (Å²) >= 11 is 3.34. The predicted molar refractivity (Wildman–Crippen MR) is 66.5 cm³/mol. The first-order chi connectivity index (χ1) is 8.19. The second kappa shape index (κ2) is 5.29. The minimum Gasteiger partial charge on any atom is -0.456 e. The van der Waals surface area contributed by atoms with Gasteiger partial charge in [-0.25, -0.2) is 4.39 Å². The molecule has 88 valence electrons. The summed E-state index contributed by atoms with van der Waals surface area (Å²) in [5.74, 6) is 0.529. The number of hydrogen-bond donors (Lipinski definition) is 1. The monoisotopic (exact) mass is 296 g/mol. The number of benzene rings is 2. The number of hydrogen-bond acceptors (Lipinski definition) is 2. The summed E-state index contributed by atoms with van der Waals surface area (Å²) in [5.41, 5.74) is 0.479. The van der Waals surface area contributed by atoms with Gasteiger partial charge in [-0.05, 0) is 45.8 Å². The van der Waals surface area contributed by atoms with E-state index in [9.17, 15) is 4.39 Å². The molecule has 4 heteroatoms. The number of aliphatic hydroxyl groups is 1. The lowest BCUT2D eigenvalue weighted by molar-refractivity contribution is 0.280. The van der Waals surface area contributed by atoms with Gasteiger partial charge in [0.25, 0.3) is 0 Å². The third kappa shape index (κ3) is 3.05. The molecule has 17 heavy (non-hydrogen) atoms. The van der Waals surface area contributed by atoms with E-state index in [-0.39, 0.29) is 6.61 Å². The molecule has 0 atom stereocenters. The quantitative estimate of drug-likeness (QED) is 0.931. The Morgan fingerprint density at radius 2 is 1.94 bits per heavy atom. The average Bonchev–Trinajstić information content (AvgIpc) is 2.31. The van der Waals surface area contributed by atoms with Crippen LogP contribution in [-0.4, -0.2) is 5.11 Å². The van der Waals surface area contributed by atoms with Crippen molar-refractivity contribution in [1.29, 1.82) is 0 Å². The van der Waals surface area contributed by atoms with E-state index in [0.717, 1.165) is 4.47 Å². The highest BCUT2D eigenvalue weighted by atomic mass is 79.9. The van der Waals surface area contributed by atoms with E-state index in [1.54, 1.807) is 12.1 Å². The molecule has 0 bridgehead atoms. The van der Waals surface area contributed by atoms with Crippen molar-refractivity contribution in [2.24, 2.45) is 0 Å². The van der Waals surface area contributed by atoms with Crippen molar-refractivity contribution in [2.75, 3.05) is 0 Å². The van der Waals surface area contributed by atoms with Crippen LogP contribution in [0.25, 0.3) is 0 Å². The Balaban J connectivity index is 2.30. The molecular formula is C13H10BrFO2. The summed E-state index contributed by atoms with van der Waals surface area (Å²) in [6.07, 6.45) is 0. The molecule has 2 nitrogen and oxygen atoms in total. The Morgan fingerprint density at radius 1 is 1.18 bits per heavy atom. The molecule has 2 rings (SSSR count). The van der Waals surface area contributed by atoms with E-state index in [4.69, 9.17) is 9.84 Å². The van der Waals surface area contributed by atoms with Crippen LogP contribution in [0.4, 0.5) is 4.39 Å². The van der Waals surface area contributed by atoms with Gasteiger partial charge in [-0.15, -0.1) is 0 Å². The highest BCUT2D eigenvalue weighted by Gasteiger charge is 2.05. The molecule has 0 unspecified atom stereocenters. The van der Waals surface area contributed by atoms with Crippen molar-refractivity contribution in [3.05, 3.63) is 58.3 Å². The second-order valence-electron chi connectivity index (χ2n) is 3.49. The van der Waals surface area contributed by atoms with Gasteiger partial charge in [0.05, 0.1) is 11.1 Å². The molecule has 0 heterocycles. The SMILES string of the molecule is OCc1cc(F)cc(Oc2ccccc2Br)c1. The van der Waals surface area contributed by atoms with Crippen LogP contribution < -0.4 is 4.74 Å². The summed E-state index contributed by atoms with van der Waals surface area (Å²) in [7, 11) is 0. The highest BCUT2D eigenvalue weighted by molar-refractivity contribution is 9.10. The lowest BCUT2D eigenvalue weighted by Gasteiger charge is -2.08. The van der Waals surface area contributed by atoms with Crippen LogP contribution in [-0.2, 0) is 6.61 Å². The first kappa shape index (κ1) is 12.1. The van der Waals surface area contributed by atoms with Gasteiger partial charge in [-0.3, -0.25) is 0 Å². The van der Waals surface area contributed by atoms with Gasteiger partial charge in [0, 0.05) is 6.07 Å². The minimum absolute atomic E-state index is 0.218.